The van der Waals surface area contributed by atoms with Gasteiger partial charge in [-0.2, -0.15) is 5.10 Å². The number of rotatable bonds is 8. The van der Waals surface area contributed by atoms with Gasteiger partial charge in [-0.25, -0.2) is 14.8 Å². The number of aromatic nitrogens is 8. The minimum atomic E-state index is 0.321. The van der Waals surface area contributed by atoms with Gasteiger partial charge >= 0.3 is 0 Å². The van der Waals surface area contributed by atoms with Crippen LogP contribution in [0.3, 0.4) is 0 Å². The molecule has 8 heteroatoms. The SMILES string of the molecule is CCCCn1nc(C(C)C)nc1Cc1ccc(-c2ncccc2-c2nnn[nH]2)cc1. The number of tetrazole rings is 1. The third-order valence-corrected chi connectivity index (χ3v) is 5.00. The van der Waals surface area contributed by atoms with E-state index in [-0.39, 0.29) is 0 Å². The smallest absolute Gasteiger partial charge is 0.181 e. The second-order valence-corrected chi connectivity index (χ2v) is 7.64. The van der Waals surface area contributed by atoms with E-state index < -0.39 is 0 Å². The van der Waals surface area contributed by atoms with E-state index in [1.54, 1.807) is 6.20 Å². The summed E-state index contributed by atoms with van der Waals surface area (Å²) in [5.41, 5.74) is 3.92. The summed E-state index contributed by atoms with van der Waals surface area (Å²) < 4.78 is 2.07. The summed E-state index contributed by atoms with van der Waals surface area (Å²) in [6.45, 7) is 7.37. The fourth-order valence-corrected chi connectivity index (χ4v) is 3.32. The molecule has 0 amide bonds. The molecule has 0 unspecified atom stereocenters. The maximum atomic E-state index is 4.80. The molecule has 3 aromatic heterocycles. The molecule has 0 spiro atoms. The quantitative estimate of drug-likeness (QED) is 0.478. The molecule has 1 aromatic carbocycles. The molecule has 4 aromatic rings. The van der Waals surface area contributed by atoms with Crippen LogP contribution in [0, 0.1) is 0 Å². The van der Waals surface area contributed by atoms with Crippen molar-refractivity contribution < 1.29 is 0 Å². The van der Waals surface area contributed by atoms with E-state index in [4.69, 9.17) is 10.1 Å². The zero-order chi connectivity index (χ0) is 20.9. The van der Waals surface area contributed by atoms with Gasteiger partial charge in [0.15, 0.2) is 11.6 Å². The van der Waals surface area contributed by atoms with E-state index >= 15 is 0 Å². The normalized spacial score (nSPS) is 11.3. The molecule has 0 atom stereocenters. The van der Waals surface area contributed by atoms with Crippen molar-refractivity contribution in [2.45, 2.75) is 52.5 Å². The second kappa shape index (κ2) is 8.94. The lowest BCUT2D eigenvalue weighted by molar-refractivity contribution is 0.543. The van der Waals surface area contributed by atoms with Crippen molar-refractivity contribution in [3.63, 3.8) is 0 Å². The first-order valence-electron chi connectivity index (χ1n) is 10.4. The van der Waals surface area contributed by atoms with Crippen LogP contribution in [-0.4, -0.2) is 40.4 Å². The number of nitrogens with one attached hydrogen (secondary N) is 1. The van der Waals surface area contributed by atoms with E-state index in [9.17, 15) is 0 Å². The Morgan fingerprint density at radius 2 is 1.93 bits per heavy atom. The minimum absolute atomic E-state index is 0.321. The fraction of sp³-hybridized carbons (Fsp3) is 0.364. The first-order valence-corrected chi connectivity index (χ1v) is 10.4. The lowest BCUT2D eigenvalue weighted by Gasteiger charge is -2.08. The Bertz CT molecular complexity index is 1080. The van der Waals surface area contributed by atoms with Crippen molar-refractivity contribution in [1.29, 1.82) is 0 Å². The summed E-state index contributed by atoms with van der Waals surface area (Å²) in [4.78, 5) is 9.35. The molecule has 0 bridgehead atoms. The summed E-state index contributed by atoms with van der Waals surface area (Å²) in [5, 5.41) is 18.9. The lowest BCUT2D eigenvalue weighted by Crippen LogP contribution is -2.06. The highest BCUT2D eigenvalue weighted by molar-refractivity contribution is 5.76. The van der Waals surface area contributed by atoms with Crippen molar-refractivity contribution >= 4 is 0 Å². The highest BCUT2D eigenvalue weighted by atomic mass is 15.5. The zero-order valence-corrected chi connectivity index (χ0v) is 17.6. The molecule has 8 nitrogen and oxygen atoms in total. The van der Waals surface area contributed by atoms with Crippen LogP contribution in [-0.2, 0) is 13.0 Å². The van der Waals surface area contributed by atoms with Crippen molar-refractivity contribution in [1.82, 2.24) is 40.4 Å². The molecule has 154 valence electrons. The van der Waals surface area contributed by atoms with Crippen LogP contribution >= 0.6 is 0 Å². The first kappa shape index (κ1) is 19.9. The number of hydrogen-bond donors (Lipinski definition) is 1. The van der Waals surface area contributed by atoms with Gasteiger partial charge in [-0.3, -0.25) is 4.98 Å². The molecule has 0 fully saturated rings. The number of unbranched alkanes of at least 4 members (excludes halogenated alkanes) is 1. The van der Waals surface area contributed by atoms with Gasteiger partial charge in [0.05, 0.1) is 5.69 Å². The minimum Gasteiger partial charge on any atom is -0.255 e. The third-order valence-electron chi connectivity index (χ3n) is 5.00. The van der Waals surface area contributed by atoms with Crippen LogP contribution in [0.15, 0.2) is 42.6 Å². The van der Waals surface area contributed by atoms with E-state index in [1.807, 2.05) is 12.1 Å². The fourth-order valence-electron chi connectivity index (χ4n) is 3.32. The van der Waals surface area contributed by atoms with E-state index in [0.29, 0.717) is 11.7 Å². The van der Waals surface area contributed by atoms with Crippen LogP contribution in [0.25, 0.3) is 22.6 Å². The number of H-pyrrole nitrogens is 1. The van der Waals surface area contributed by atoms with Gasteiger partial charge in [-0.1, -0.05) is 51.5 Å². The maximum absolute atomic E-state index is 4.80. The standard InChI is InChI=1S/C22H26N8/c1-4-5-13-30-19(24-21(27-30)15(2)3)14-16-8-10-17(11-9-16)20-18(7-6-12-23-20)22-25-28-29-26-22/h6-12,15H,4-5,13-14H2,1-3H3,(H,25,26,28,29). The largest absolute Gasteiger partial charge is 0.255 e. The highest BCUT2D eigenvalue weighted by Crippen LogP contribution is 2.28. The van der Waals surface area contributed by atoms with E-state index in [2.05, 4.69) is 75.3 Å². The topological polar surface area (TPSA) is 98.1 Å². The van der Waals surface area contributed by atoms with Crippen LogP contribution < -0.4 is 0 Å². The Labute approximate surface area is 175 Å². The van der Waals surface area contributed by atoms with Crippen molar-refractivity contribution in [2.75, 3.05) is 0 Å². The molecule has 0 aliphatic carbocycles. The van der Waals surface area contributed by atoms with Gasteiger partial charge < -0.3 is 0 Å². The Hall–Kier alpha value is -3.42. The molecule has 1 N–H and O–H groups in total. The average Bonchev–Trinajstić information content (AvgIpc) is 3.43. The third kappa shape index (κ3) is 4.27. The van der Waals surface area contributed by atoms with Gasteiger partial charge in [-0.05, 0) is 34.5 Å². The molecular weight excluding hydrogens is 376 g/mol. The Balaban J connectivity index is 1.59. The number of benzene rings is 1. The maximum Gasteiger partial charge on any atom is 0.181 e. The monoisotopic (exact) mass is 402 g/mol. The van der Waals surface area contributed by atoms with Gasteiger partial charge in [0.1, 0.15) is 5.82 Å². The van der Waals surface area contributed by atoms with E-state index in [1.165, 1.54) is 5.56 Å². The Morgan fingerprint density at radius 3 is 2.63 bits per heavy atom. The Morgan fingerprint density at radius 1 is 1.10 bits per heavy atom. The van der Waals surface area contributed by atoms with Crippen LogP contribution in [0.2, 0.25) is 0 Å². The zero-order valence-electron chi connectivity index (χ0n) is 17.6. The summed E-state index contributed by atoms with van der Waals surface area (Å²) in [7, 11) is 0. The molecule has 0 saturated heterocycles. The predicted octanol–water partition coefficient (Wildman–Crippen LogP) is 4.03. The van der Waals surface area contributed by atoms with E-state index in [0.717, 1.165) is 54.3 Å². The predicted molar refractivity (Wildman–Crippen MR) is 115 cm³/mol. The molecule has 0 aliphatic heterocycles. The van der Waals surface area contributed by atoms with Gasteiger partial charge in [0.25, 0.3) is 0 Å². The number of aryl methyl sites for hydroxylation is 1. The molecule has 0 radical (unpaired) electrons. The molecule has 0 saturated carbocycles. The second-order valence-electron chi connectivity index (χ2n) is 7.64. The average molecular weight is 403 g/mol. The number of aromatic amines is 1. The Kier molecular flexibility index (Phi) is 5.92. The molecular formula is C22H26N8. The van der Waals surface area contributed by atoms with Crippen LogP contribution in [0.1, 0.15) is 56.7 Å². The summed E-state index contributed by atoms with van der Waals surface area (Å²) in [6.07, 6.45) is 4.77. The highest BCUT2D eigenvalue weighted by Gasteiger charge is 2.14. The van der Waals surface area contributed by atoms with Gasteiger partial charge in [0.2, 0.25) is 0 Å². The van der Waals surface area contributed by atoms with Crippen molar-refractivity contribution in [3.8, 4) is 22.6 Å². The van der Waals surface area contributed by atoms with Crippen molar-refractivity contribution in [3.05, 3.63) is 59.8 Å². The molecule has 0 aliphatic rings. The van der Waals surface area contributed by atoms with Crippen LogP contribution in [0.4, 0.5) is 0 Å². The van der Waals surface area contributed by atoms with Gasteiger partial charge in [-0.15, -0.1) is 5.10 Å². The molecule has 4 rings (SSSR count). The summed E-state index contributed by atoms with van der Waals surface area (Å²) >= 11 is 0. The summed E-state index contributed by atoms with van der Waals surface area (Å²) in [5.74, 6) is 2.86. The first-order chi connectivity index (χ1) is 14.7. The number of pyridine rings is 1. The number of hydrogen-bond acceptors (Lipinski definition) is 6. The summed E-state index contributed by atoms with van der Waals surface area (Å²) in [6, 6.07) is 12.3. The number of nitrogens with zero attached hydrogens (tertiary/aromatic N) is 7. The molecule has 3 heterocycles. The van der Waals surface area contributed by atoms with Gasteiger partial charge in [0, 0.05) is 36.2 Å². The molecule has 30 heavy (non-hydrogen) atoms. The van der Waals surface area contributed by atoms with Crippen LogP contribution in [0.5, 0.6) is 0 Å². The lowest BCUT2D eigenvalue weighted by atomic mass is 10.0. The van der Waals surface area contributed by atoms with Crippen molar-refractivity contribution in [2.24, 2.45) is 0 Å².